The Balaban J connectivity index is 1.62. The van der Waals surface area contributed by atoms with Crippen molar-refractivity contribution in [2.45, 2.75) is 32.4 Å². The van der Waals surface area contributed by atoms with Crippen LogP contribution < -0.4 is 0 Å². The van der Waals surface area contributed by atoms with Crippen molar-refractivity contribution in [3.63, 3.8) is 0 Å². The molecule has 1 N–H and O–H groups in total. The van der Waals surface area contributed by atoms with Crippen LogP contribution in [0.25, 0.3) is 0 Å². The number of rotatable bonds is 5. The Hall–Kier alpha value is -1.73. The third-order valence-electron chi connectivity index (χ3n) is 3.35. The van der Waals surface area contributed by atoms with Crippen LogP contribution >= 0.6 is 0 Å². The van der Waals surface area contributed by atoms with Gasteiger partial charge in [0.15, 0.2) is 11.6 Å². The Bertz CT molecular complexity index is 525. The standard InChI is InChI=1S/C13H19N5O2/c1-2-3-12-15-13(17-16-12)11-9-18(6-7-19-11)8-10-4-5-14-20-10/h4-5,11H,2-3,6-9H2,1H3,(H,15,16,17)/t11-/m0/s1. The molecule has 0 unspecified atom stereocenters. The van der Waals surface area contributed by atoms with Gasteiger partial charge < -0.3 is 9.26 Å². The first kappa shape index (κ1) is 13.3. The van der Waals surface area contributed by atoms with Crippen LogP contribution in [-0.4, -0.2) is 44.9 Å². The van der Waals surface area contributed by atoms with Crippen LogP contribution in [0.1, 0.15) is 36.9 Å². The largest absolute Gasteiger partial charge is 0.367 e. The van der Waals surface area contributed by atoms with Crippen LogP contribution in [0.2, 0.25) is 0 Å². The van der Waals surface area contributed by atoms with Crippen LogP contribution in [0.5, 0.6) is 0 Å². The molecule has 7 heteroatoms. The zero-order valence-electron chi connectivity index (χ0n) is 11.6. The van der Waals surface area contributed by atoms with Crippen LogP contribution in [0, 0.1) is 0 Å². The summed E-state index contributed by atoms with van der Waals surface area (Å²) in [5.41, 5.74) is 0. The number of H-pyrrole nitrogens is 1. The number of aromatic amines is 1. The molecule has 1 atom stereocenters. The van der Waals surface area contributed by atoms with E-state index in [-0.39, 0.29) is 6.10 Å². The fraction of sp³-hybridized carbons (Fsp3) is 0.615. The molecule has 0 aromatic carbocycles. The number of morpholine rings is 1. The van der Waals surface area contributed by atoms with Crippen LogP contribution in [0.15, 0.2) is 16.8 Å². The zero-order chi connectivity index (χ0) is 13.8. The number of ether oxygens (including phenoxy) is 1. The van der Waals surface area contributed by atoms with E-state index in [0.717, 1.165) is 49.9 Å². The summed E-state index contributed by atoms with van der Waals surface area (Å²) < 4.78 is 10.9. The average molecular weight is 277 g/mol. The smallest absolute Gasteiger partial charge is 0.180 e. The number of hydrogen-bond donors (Lipinski definition) is 1. The van der Waals surface area contributed by atoms with Gasteiger partial charge in [0.2, 0.25) is 0 Å². The molecular weight excluding hydrogens is 258 g/mol. The van der Waals surface area contributed by atoms with Crippen molar-refractivity contribution < 1.29 is 9.26 Å². The highest BCUT2D eigenvalue weighted by Crippen LogP contribution is 2.20. The molecule has 3 heterocycles. The first-order chi connectivity index (χ1) is 9.85. The van der Waals surface area contributed by atoms with Gasteiger partial charge >= 0.3 is 0 Å². The molecular formula is C13H19N5O2. The molecule has 2 aromatic rings. The molecule has 3 rings (SSSR count). The number of hydrogen-bond acceptors (Lipinski definition) is 6. The highest BCUT2D eigenvalue weighted by atomic mass is 16.5. The Morgan fingerprint density at radius 3 is 3.25 bits per heavy atom. The van der Waals surface area contributed by atoms with Gasteiger partial charge in [0.05, 0.1) is 19.3 Å². The summed E-state index contributed by atoms with van der Waals surface area (Å²) in [6, 6.07) is 1.89. The summed E-state index contributed by atoms with van der Waals surface area (Å²) in [6.45, 7) is 5.19. The molecule has 0 spiro atoms. The Morgan fingerprint density at radius 1 is 1.50 bits per heavy atom. The van der Waals surface area contributed by atoms with Gasteiger partial charge in [0.1, 0.15) is 11.9 Å². The van der Waals surface area contributed by atoms with Gasteiger partial charge in [-0.15, -0.1) is 0 Å². The molecule has 0 saturated carbocycles. The molecule has 0 bridgehead atoms. The second-order valence-electron chi connectivity index (χ2n) is 4.96. The SMILES string of the molecule is CCCc1nc([C@@H]2CN(Cc3ccno3)CCO2)n[nH]1. The molecule has 20 heavy (non-hydrogen) atoms. The maximum Gasteiger partial charge on any atom is 0.180 e. The Morgan fingerprint density at radius 2 is 2.45 bits per heavy atom. The Kier molecular flexibility index (Phi) is 4.08. The summed E-state index contributed by atoms with van der Waals surface area (Å²) >= 11 is 0. The maximum absolute atomic E-state index is 5.77. The molecule has 7 nitrogen and oxygen atoms in total. The van der Waals surface area contributed by atoms with E-state index < -0.39 is 0 Å². The third kappa shape index (κ3) is 3.05. The molecule has 1 aliphatic heterocycles. The van der Waals surface area contributed by atoms with E-state index in [1.54, 1.807) is 6.20 Å². The number of nitrogens with one attached hydrogen (secondary N) is 1. The lowest BCUT2D eigenvalue weighted by atomic mass is 10.2. The van der Waals surface area contributed by atoms with Gasteiger partial charge in [-0.05, 0) is 6.42 Å². The van der Waals surface area contributed by atoms with Crippen LogP contribution in [0.4, 0.5) is 0 Å². The van der Waals surface area contributed by atoms with Gasteiger partial charge in [-0.1, -0.05) is 12.1 Å². The van der Waals surface area contributed by atoms with Crippen molar-refractivity contribution in [3.05, 3.63) is 29.7 Å². The predicted octanol–water partition coefficient (Wildman–Crippen LogP) is 1.32. The summed E-state index contributed by atoms with van der Waals surface area (Å²) in [6.07, 6.45) is 3.56. The van der Waals surface area contributed by atoms with E-state index in [2.05, 4.69) is 32.2 Å². The normalized spacial score (nSPS) is 20.4. The van der Waals surface area contributed by atoms with Crippen molar-refractivity contribution >= 4 is 0 Å². The van der Waals surface area contributed by atoms with E-state index in [1.807, 2.05) is 6.07 Å². The lowest BCUT2D eigenvalue weighted by molar-refractivity contribution is -0.0391. The second-order valence-corrected chi connectivity index (χ2v) is 4.96. The summed E-state index contributed by atoms with van der Waals surface area (Å²) in [5.74, 6) is 2.54. The summed E-state index contributed by atoms with van der Waals surface area (Å²) in [5, 5.41) is 11.0. The average Bonchev–Trinajstić information content (AvgIpc) is 3.11. The molecule has 0 amide bonds. The van der Waals surface area contributed by atoms with Gasteiger partial charge in [-0.25, -0.2) is 4.98 Å². The fourth-order valence-electron chi connectivity index (χ4n) is 2.35. The molecule has 1 saturated heterocycles. The molecule has 2 aromatic heterocycles. The molecule has 1 aliphatic rings. The van der Waals surface area contributed by atoms with Crippen LogP contribution in [0.3, 0.4) is 0 Å². The highest BCUT2D eigenvalue weighted by molar-refractivity contribution is 4.98. The van der Waals surface area contributed by atoms with Gasteiger partial charge in [0, 0.05) is 25.6 Å². The minimum absolute atomic E-state index is 0.0754. The predicted molar refractivity (Wildman–Crippen MR) is 70.9 cm³/mol. The molecule has 0 aliphatic carbocycles. The monoisotopic (exact) mass is 277 g/mol. The minimum atomic E-state index is -0.0754. The Labute approximate surface area is 117 Å². The number of aryl methyl sites for hydroxylation is 1. The first-order valence-electron chi connectivity index (χ1n) is 7.00. The van der Waals surface area contributed by atoms with Crippen molar-refractivity contribution in [2.24, 2.45) is 0 Å². The first-order valence-corrected chi connectivity index (χ1v) is 7.00. The van der Waals surface area contributed by atoms with Crippen molar-refractivity contribution in [1.82, 2.24) is 25.2 Å². The van der Waals surface area contributed by atoms with Gasteiger partial charge in [-0.2, -0.15) is 5.10 Å². The summed E-state index contributed by atoms with van der Waals surface area (Å²) in [7, 11) is 0. The maximum atomic E-state index is 5.77. The van der Waals surface area contributed by atoms with Crippen molar-refractivity contribution in [1.29, 1.82) is 0 Å². The number of aromatic nitrogens is 4. The molecule has 0 radical (unpaired) electrons. The second kappa shape index (κ2) is 6.15. The van der Waals surface area contributed by atoms with Gasteiger partial charge in [0.25, 0.3) is 0 Å². The minimum Gasteiger partial charge on any atom is -0.367 e. The molecule has 108 valence electrons. The fourth-order valence-corrected chi connectivity index (χ4v) is 2.35. The highest BCUT2D eigenvalue weighted by Gasteiger charge is 2.25. The lowest BCUT2D eigenvalue weighted by Crippen LogP contribution is -2.38. The number of nitrogens with zero attached hydrogens (tertiary/aromatic N) is 4. The third-order valence-corrected chi connectivity index (χ3v) is 3.35. The van der Waals surface area contributed by atoms with E-state index in [0.29, 0.717) is 6.61 Å². The quantitative estimate of drug-likeness (QED) is 0.887. The van der Waals surface area contributed by atoms with E-state index in [9.17, 15) is 0 Å². The van der Waals surface area contributed by atoms with E-state index >= 15 is 0 Å². The zero-order valence-corrected chi connectivity index (χ0v) is 11.6. The van der Waals surface area contributed by atoms with E-state index in [4.69, 9.17) is 9.26 Å². The lowest BCUT2D eigenvalue weighted by Gasteiger charge is -2.30. The van der Waals surface area contributed by atoms with Gasteiger partial charge in [-0.3, -0.25) is 10.00 Å². The van der Waals surface area contributed by atoms with Crippen molar-refractivity contribution in [3.8, 4) is 0 Å². The van der Waals surface area contributed by atoms with Crippen molar-refractivity contribution in [2.75, 3.05) is 19.7 Å². The van der Waals surface area contributed by atoms with Crippen LogP contribution in [-0.2, 0) is 17.7 Å². The van der Waals surface area contributed by atoms with E-state index in [1.165, 1.54) is 0 Å². The molecule has 1 fully saturated rings. The summed E-state index contributed by atoms with van der Waals surface area (Å²) in [4.78, 5) is 6.77. The topological polar surface area (TPSA) is 80.1 Å².